The molecule has 4 atom stereocenters. The van der Waals surface area contributed by atoms with E-state index >= 15 is 4.39 Å². The first-order valence-electron chi connectivity index (χ1n) is 8.19. The van der Waals surface area contributed by atoms with Gasteiger partial charge in [-0.15, -0.1) is 5.10 Å². The summed E-state index contributed by atoms with van der Waals surface area (Å²) in [5.41, 5.74) is 13.2. The summed E-state index contributed by atoms with van der Waals surface area (Å²) >= 11 is 1.85. The molecule has 0 aliphatic carbocycles. The summed E-state index contributed by atoms with van der Waals surface area (Å²) < 4.78 is 41.1. The monoisotopic (exact) mass is 507 g/mol. The summed E-state index contributed by atoms with van der Waals surface area (Å²) in [5, 5.41) is 7.19. The maximum Gasteiger partial charge on any atom is 0.327 e. The molecule has 0 bridgehead atoms. The van der Waals surface area contributed by atoms with Gasteiger partial charge in [0.05, 0.1) is 11.6 Å². The van der Waals surface area contributed by atoms with E-state index in [4.69, 9.17) is 20.7 Å². The minimum Gasteiger partial charge on any atom is -0.456 e. The van der Waals surface area contributed by atoms with Gasteiger partial charge in [-0.05, 0) is 17.7 Å². The molecule has 0 radical (unpaired) electrons. The molecule has 3 rings (SSSR count). The van der Waals surface area contributed by atoms with Gasteiger partial charge in [0.15, 0.2) is 23.8 Å². The van der Waals surface area contributed by atoms with E-state index in [9.17, 15) is 9.18 Å². The first-order valence-corrected chi connectivity index (χ1v) is 9.72. The van der Waals surface area contributed by atoms with Crippen LogP contribution in [0, 0.1) is 12.0 Å². The Bertz CT molecular complexity index is 965. The van der Waals surface area contributed by atoms with E-state index in [-0.39, 0.29) is 21.5 Å². The lowest BCUT2D eigenvalue weighted by Gasteiger charge is -2.27. The zero-order valence-electron chi connectivity index (χ0n) is 14.8. The fourth-order valence-corrected chi connectivity index (χ4v) is 3.69. The number of aromatic nitrogens is 3. The number of carbonyl (C=O) groups is 1. The first-order chi connectivity index (χ1) is 13.2. The number of alkyl halides is 2. The van der Waals surface area contributed by atoms with E-state index in [1.807, 2.05) is 22.6 Å². The van der Waals surface area contributed by atoms with Crippen molar-refractivity contribution in [2.45, 2.75) is 38.0 Å². The number of rotatable bonds is 5. The maximum absolute atomic E-state index is 15.4. The number of anilines is 1. The van der Waals surface area contributed by atoms with Crippen molar-refractivity contribution in [2.75, 3.05) is 10.2 Å². The molecule has 2 N–H and O–H groups in total. The topological polar surface area (TPSA) is 141 Å². The number of esters is 1. The van der Waals surface area contributed by atoms with Crippen LogP contribution in [0.15, 0.2) is 17.2 Å². The van der Waals surface area contributed by atoms with Crippen LogP contribution in [0.5, 0.6) is 0 Å². The lowest BCUT2D eigenvalue weighted by Crippen LogP contribution is -2.45. The van der Waals surface area contributed by atoms with Crippen molar-refractivity contribution in [3.8, 4) is 0 Å². The standard InChI is InChI=1S/C15H16F2IN7O3/c1-6(2)13(26)27-11-9(16)10(28-15(11,5-18)23-24-20)7-3-4-8-12(19)21-14(17)22-25(7)8/h3-4,6,9-11H,5H2,1-2H3,(H2,19,21,22)/t9-,10-,11-,15+/m0/s1. The number of ether oxygens (including phenoxy) is 2. The van der Waals surface area contributed by atoms with Crippen molar-refractivity contribution in [1.29, 1.82) is 0 Å². The molecule has 150 valence electrons. The molecule has 28 heavy (non-hydrogen) atoms. The quantitative estimate of drug-likeness (QED) is 0.165. The van der Waals surface area contributed by atoms with E-state index in [0.717, 1.165) is 4.52 Å². The van der Waals surface area contributed by atoms with Crippen LogP contribution in [0.2, 0.25) is 0 Å². The highest BCUT2D eigenvalue weighted by molar-refractivity contribution is 14.1. The predicted octanol–water partition coefficient (Wildman–Crippen LogP) is 2.87. The van der Waals surface area contributed by atoms with Gasteiger partial charge in [-0.2, -0.15) is 9.37 Å². The molecule has 0 unspecified atom stereocenters. The van der Waals surface area contributed by atoms with Crippen LogP contribution in [0.4, 0.5) is 14.6 Å². The van der Waals surface area contributed by atoms with Gasteiger partial charge in [0, 0.05) is 9.34 Å². The minimum absolute atomic E-state index is 0.0105. The molecule has 0 spiro atoms. The van der Waals surface area contributed by atoms with Crippen LogP contribution in [0.25, 0.3) is 16.0 Å². The van der Waals surface area contributed by atoms with Crippen LogP contribution in [-0.4, -0.2) is 43.0 Å². The number of nitrogen functional groups attached to an aromatic ring is 1. The number of fused-ring (bicyclic) bond motifs is 1. The van der Waals surface area contributed by atoms with E-state index < -0.39 is 42.1 Å². The van der Waals surface area contributed by atoms with Crippen molar-refractivity contribution >= 4 is 39.9 Å². The van der Waals surface area contributed by atoms with Crippen LogP contribution >= 0.6 is 22.6 Å². The van der Waals surface area contributed by atoms with E-state index in [0.29, 0.717) is 0 Å². The lowest BCUT2D eigenvalue weighted by molar-refractivity contribution is -0.163. The zero-order valence-corrected chi connectivity index (χ0v) is 16.9. The molecule has 0 saturated carbocycles. The van der Waals surface area contributed by atoms with Gasteiger partial charge in [0.2, 0.25) is 0 Å². The number of nitrogens with two attached hydrogens (primary N) is 1. The molecule has 1 fully saturated rings. The Morgan fingerprint density at radius 2 is 2.32 bits per heavy atom. The van der Waals surface area contributed by atoms with Crippen molar-refractivity contribution < 1.29 is 23.0 Å². The smallest absolute Gasteiger partial charge is 0.327 e. The highest BCUT2D eigenvalue weighted by atomic mass is 127. The second kappa shape index (κ2) is 7.64. The molecule has 3 heterocycles. The largest absolute Gasteiger partial charge is 0.456 e. The number of hydrogen-bond acceptors (Lipinski definition) is 7. The van der Waals surface area contributed by atoms with Gasteiger partial charge in [0.1, 0.15) is 11.6 Å². The molecule has 10 nitrogen and oxygen atoms in total. The normalized spacial score (nSPS) is 27.1. The first kappa shape index (κ1) is 20.5. The molecule has 1 aliphatic heterocycles. The number of nitrogens with zero attached hydrogens (tertiary/aromatic N) is 6. The predicted molar refractivity (Wildman–Crippen MR) is 102 cm³/mol. The lowest BCUT2D eigenvalue weighted by atomic mass is 10.0. The molecule has 13 heteroatoms. The van der Waals surface area contributed by atoms with Crippen molar-refractivity contribution in [3.63, 3.8) is 0 Å². The third-order valence-corrected chi connectivity index (χ3v) is 5.40. The van der Waals surface area contributed by atoms with Gasteiger partial charge >= 0.3 is 12.0 Å². The molecule has 2 aromatic rings. The molecule has 2 aromatic heterocycles. The Morgan fingerprint density at radius 3 is 2.93 bits per heavy atom. The van der Waals surface area contributed by atoms with Crippen molar-refractivity contribution in [3.05, 3.63) is 34.3 Å². The van der Waals surface area contributed by atoms with Gasteiger partial charge in [-0.3, -0.25) is 4.79 Å². The Morgan fingerprint density at radius 1 is 1.61 bits per heavy atom. The van der Waals surface area contributed by atoms with Crippen LogP contribution < -0.4 is 5.73 Å². The molecular weight excluding hydrogens is 491 g/mol. The summed E-state index contributed by atoms with van der Waals surface area (Å²) in [6, 6.07) is 2.92. The summed E-state index contributed by atoms with van der Waals surface area (Å²) in [6.07, 6.45) is -5.84. The fraction of sp³-hybridized carbons (Fsp3) is 0.533. The second-order valence-electron chi connectivity index (χ2n) is 6.48. The number of azide groups is 1. The van der Waals surface area contributed by atoms with Gasteiger partial charge in [-0.1, -0.05) is 41.6 Å². The van der Waals surface area contributed by atoms with Gasteiger partial charge < -0.3 is 15.2 Å². The Balaban J connectivity index is 2.08. The van der Waals surface area contributed by atoms with Crippen molar-refractivity contribution in [2.24, 2.45) is 11.0 Å². The average molecular weight is 507 g/mol. The average Bonchev–Trinajstić information content (AvgIpc) is 3.16. The molecule has 0 amide bonds. The maximum atomic E-state index is 15.4. The number of hydrogen-bond donors (Lipinski definition) is 1. The van der Waals surface area contributed by atoms with Crippen molar-refractivity contribution in [1.82, 2.24) is 14.6 Å². The summed E-state index contributed by atoms with van der Waals surface area (Å²) in [6.45, 7) is 3.18. The Hall–Kier alpha value is -2.25. The highest BCUT2D eigenvalue weighted by Gasteiger charge is 2.58. The molecule has 0 aromatic carbocycles. The molecule has 1 aliphatic rings. The Labute approximate surface area is 171 Å². The second-order valence-corrected chi connectivity index (χ2v) is 7.25. The van der Waals surface area contributed by atoms with Crippen LogP contribution in [-0.2, 0) is 14.3 Å². The minimum atomic E-state index is -1.90. The van der Waals surface area contributed by atoms with Gasteiger partial charge in [-0.25, -0.2) is 8.91 Å². The van der Waals surface area contributed by atoms with E-state index in [1.165, 1.54) is 12.1 Å². The fourth-order valence-electron chi connectivity index (χ4n) is 2.92. The summed E-state index contributed by atoms with van der Waals surface area (Å²) in [4.78, 5) is 18.2. The van der Waals surface area contributed by atoms with Gasteiger partial charge in [0.25, 0.3) is 0 Å². The molecular formula is C15H16F2IN7O3. The summed E-state index contributed by atoms with van der Waals surface area (Å²) in [5.74, 6) is -1.33. The molecule has 1 saturated heterocycles. The highest BCUT2D eigenvalue weighted by Crippen LogP contribution is 2.46. The third kappa shape index (κ3) is 3.33. The van der Waals surface area contributed by atoms with Crippen LogP contribution in [0.3, 0.4) is 0 Å². The van der Waals surface area contributed by atoms with E-state index in [2.05, 4.69) is 20.1 Å². The van der Waals surface area contributed by atoms with Crippen LogP contribution in [0.1, 0.15) is 25.6 Å². The number of halogens is 3. The number of carbonyl (C=O) groups excluding carboxylic acids is 1. The third-order valence-electron chi connectivity index (χ3n) is 4.31. The summed E-state index contributed by atoms with van der Waals surface area (Å²) in [7, 11) is 0. The van der Waals surface area contributed by atoms with E-state index in [1.54, 1.807) is 13.8 Å². The zero-order chi connectivity index (χ0) is 20.6. The SMILES string of the molecule is CC(C)C(=O)O[C@H]1[C@@H](F)[C@H](c2ccc3c(N)nc(F)nn23)O[C@@]1(CI)N=[N+]=[N-]. The Kier molecular flexibility index (Phi) is 5.59.